The van der Waals surface area contributed by atoms with Crippen LogP contribution < -0.4 is 10.6 Å². The molecule has 0 saturated carbocycles. The Morgan fingerprint density at radius 1 is 1.20 bits per heavy atom. The summed E-state index contributed by atoms with van der Waals surface area (Å²) in [6.07, 6.45) is 0.946. The van der Waals surface area contributed by atoms with Crippen molar-refractivity contribution in [2.45, 2.75) is 26.8 Å². The van der Waals surface area contributed by atoms with Crippen molar-refractivity contribution in [3.8, 4) is 5.69 Å². The maximum atomic E-state index is 5.05. The molecule has 7 heteroatoms. The van der Waals surface area contributed by atoms with Gasteiger partial charge in [-0.1, -0.05) is 18.2 Å². The summed E-state index contributed by atoms with van der Waals surface area (Å²) >= 11 is 0. The zero-order valence-corrected chi connectivity index (χ0v) is 17.7. The van der Waals surface area contributed by atoms with Gasteiger partial charge < -0.3 is 15.4 Å². The molecule has 0 unspecified atom stereocenters. The lowest BCUT2D eigenvalue weighted by Gasteiger charge is -2.12. The minimum atomic E-state index is 0. The van der Waals surface area contributed by atoms with Gasteiger partial charge in [-0.3, -0.25) is 4.99 Å². The van der Waals surface area contributed by atoms with E-state index in [4.69, 9.17) is 4.74 Å². The van der Waals surface area contributed by atoms with Crippen molar-refractivity contribution in [1.82, 2.24) is 20.4 Å². The van der Waals surface area contributed by atoms with Crippen molar-refractivity contribution in [3.05, 3.63) is 47.3 Å². The fourth-order valence-corrected chi connectivity index (χ4v) is 2.57. The predicted molar refractivity (Wildman–Crippen MR) is 113 cm³/mol. The van der Waals surface area contributed by atoms with Crippen LogP contribution in [-0.4, -0.2) is 43.0 Å². The number of methoxy groups -OCH3 is 1. The normalized spacial score (nSPS) is 11.1. The van der Waals surface area contributed by atoms with Crippen molar-refractivity contribution in [2.24, 2.45) is 4.99 Å². The Hall–Kier alpha value is -1.61. The molecule has 25 heavy (non-hydrogen) atoms. The summed E-state index contributed by atoms with van der Waals surface area (Å²) in [5.74, 6) is 0.789. The number of nitrogens with one attached hydrogen (secondary N) is 2. The van der Waals surface area contributed by atoms with Crippen molar-refractivity contribution in [3.63, 3.8) is 0 Å². The second-order valence-electron chi connectivity index (χ2n) is 5.60. The third kappa shape index (κ3) is 6.00. The Morgan fingerprint density at radius 2 is 1.92 bits per heavy atom. The minimum Gasteiger partial charge on any atom is -0.385 e. The molecule has 0 spiro atoms. The molecule has 0 bridgehead atoms. The fraction of sp³-hybridized carbons (Fsp3) is 0.444. The summed E-state index contributed by atoms with van der Waals surface area (Å²) in [6.45, 7) is 6.40. The van der Waals surface area contributed by atoms with Gasteiger partial charge in [0.2, 0.25) is 0 Å². The first-order valence-electron chi connectivity index (χ1n) is 8.21. The van der Waals surface area contributed by atoms with E-state index in [-0.39, 0.29) is 24.0 Å². The third-order valence-corrected chi connectivity index (χ3v) is 3.92. The Morgan fingerprint density at radius 3 is 2.56 bits per heavy atom. The van der Waals surface area contributed by atoms with Gasteiger partial charge in [-0.2, -0.15) is 5.10 Å². The molecular formula is C18H28IN5O. The van der Waals surface area contributed by atoms with Crippen LogP contribution in [0.25, 0.3) is 5.69 Å². The van der Waals surface area contributed by atoms with Gasteiger partial charge in [-0.05, 0) is 32.4 Å². The number of benzene rings is 1. The standard InChI is InChI=1S/C18H27N5O.HI/c1-14-17(13-21-18(19-3)20-11-8-12-24-4)15(2)23(22-14)16-9-6-5-7-10-16;/h5-7,9-10H,8,11-13H2,1-4H3,(H2,19,20,21);1H. The Bertz CT molecular complexity index is 670. The molecule has 1 heterocycles. The van der Waals surface area contributed by atoms with E-state index < -0.39 is 0 Å². The number of ether oxygens (including phenoxy) is 1. The number of aryl methyl sites for hydroxylation is 1. The molecule has 1 aromatic heterocycles. The van der Waals surface area contributed by atoms with Gasteiger partial charge in [0.1, 0.15) is 0 Å². The van der Waals surface area contributed by atoms with Crippen LogP contribution in [0.5, 0.6) is 0 Å². The van der Waals surface area contributed by atoms with Crippen LogP contribution in [0, 0.1) is 13.8 Å². The average Bonchev–Trinajstić information content (AvgIpc) is 2.89. The van der Waals surface area contributed by atoms with Gasteiger partial charge in [0, 0.05) is 45.1 Å². The van der Waals surface area contributed by atoms with E-state index >= 15 is 0 Å². The number of hydrogen-bond acceptors (Lipinski definition) is 3. The molecule has 0 saturated heterocycles. The lowest BCUT2D eigenvalue weighted by atomic mass is 10.2. The summed E-state index contributed by atoms with van der Waals surface area (Å²) in [7, 11) is 3.49. The highest BCUT2D eigenvalue weighted by Gasteiger charge is 2.12. The Labute approximate surface area is 167 Å². The first-order valence-corrected chi connectivity index (χ1v) is 8.21. The lowest BCUT2D eigenvalue weighted by molar-refractivity contribution is 0.195. The summed E-state index contributed by atoms with van der Waals surface area (Å²) in [5, 5.41) is 11.3. The Kier molecular flexibility index (Phi) is 9.51. The number of nitrogens with zero attached hydrogens (tertiary/aromatic N) is 3. The summed E-state index contributed by atoms with van der Waals surface area (Å²) in [5.41, 5.74) is 4.44. The third-order valence-electron chi connectivity index (χ3n) is 3.92. The van der Waals surface area contributed by atoms with Crippen molar-refractivity contribution >= 4 is 29.9 Å². The van der Waals surface area contributed by atoms with Gasteiger partial charge >= 0.3 is 0 Å². The van der Waals surface area contributed by atoms with Crippen LogP contribution in [0.4, 0.5) is 0 Å². The van der Waals surface area contributed by atoms with Crippen LogP contribution in [0.3, 0.4) is 0 Å². The molecule has 0 amide bonds. The summed E-state index contributed by atoms with van der Waals surface area (Å²) in [4.78, 5) is 4.25. The molecule has 0 aliphatic carbocycles. The molecule has 138 valence electrons. The smallest absolute Gasteiger partial charge is 0.191 e. The topological polar surface area (TPSA) is 63.5 Å². The van der Waals surface area contributed by atoms with E-state index in [0.29, 0.717) is 6.54 Å². The Balaban J connectivity index is 0.00000312. The van der Waals surface area contributed by atoms with E-state index in [9.17, 15) is 0 Å². The molecule has 0 atom stereocenters. The van der Waals surface area contributed by atoms with Gasteiger partial charge in [-0.25, -0.2) is 4.68 Å². The number of rotatable bonds is 7. The second-order valence-corrected chi connectivity index (χ2v) is 5.60. The molecule has 0 aliphatic rings. The number of para-hydroxylation sites is 1. The van der Waals surface area contributed by atoms with Crippen LogP contribution in [0.2, 0.25) is 0 Å². The summed E-state index contributed by atoms with van der Waals surface area (Å²) in [6, 6.07) is 10.2. The minimum absolute atomic E-state index is 0. The van der Waals surface area contributed by atoms with Crippen LogP contribution in [0.1, 0.15) is 23.4 Å². The number of aliphatic imine (C=N–C) groups is 1. The monoisotopic (exact) mass is 457 g/mol. The van der Waals surface area contributed by atoms with E-state index in [1.807, 2.05) is 29.8 Å². The quantitative estimate of drug-likeness (QED) is 0.291. The van der Waals surface area contributed by atoms with Crippen LogP contribution in [-0.2, 0) is 11.3 Å². The highest BCUT2D eigenvalue weighted by molar-refractivity contribution is 14.0. The highest BCUT2D eigenvalue weighted by atomic mass is 127. The zero-order valence-electron chi connectivity index (χ0n) is 15.4. The van der Waals surface area contributed by atoms with Crippen molar-refractivity contribution in [2.75, 3.05) is 27.3 Å². The molecule has 0 radical (unpaired) electrons. The van der Waals surface area contributed by atoms with Crippen LogP contribution in [0.15, 0.2) is 35.3 Å². The van der Waals surface area contributed by atoms with E-state index in [1.54, 1.807) is 14.2 Å². The maximum Gasteiger partial charge on any atom is 0.191 e. The molecule has 1 aromatic carbocycles. The molecule has 0 aliphatic heterocycles. The fourth-order valence-electron chi connectivity index (χ4n) is 2.57. The number of guanidine groups is 1. The van der Waals surface area contributed by atoms with Crippen molar-refractivity contribution < 1.29 is 4.74 Å². The predicted octanol–water partition coefficient (Wildman–Crippen LogP) is 2.81. The second kappa shape index (κ2) is 11.1. The first-order chi connectivity index (χ1) is 11.7. The van der Waals surface area contributed by atoms with E-state index in [0.717, 1.165) is 42.6 Å². The summed E-state index contributed by atoms with van der Waals surface area (Å²) < 4.78 is 7.04. The molecule has 2 rings (SSSR count). The van der Waals surface area contributed by atoms with Gasteiger partial charge in [0.15, 0.2) is 5.96 Å². The number of hydrogen-bond donors (Lipinski definition) is 2. The zero-order chi connectivity index (χ0) is 17.4. The average molecular weight is 457 g/mol. The molecule has 0 fully saturated rings. The van der Waals surface area contributed by atoms with Gasteiger partial charge in [-0.15, -0.1) is 24.0 Å². The number of halogens is 1. The van der Waals surface area contributed by atoms with Crippen LogP contribution >= 0.6 is 24.0 Å². The van der Waals surface area contributed by atoms with Crippen molar-refractivity contribution in [1.29, 1.82) is 0 Å². The molecular weight excluding hydrogens is 429 g/mol. The number of aromatic nitrogens is 2. The molecule has 2 N–H and O–H groups in total. The maximum absolute atomic E-state index is 5.05. The van der Waals surface area contributed by atoms with Gasteiger partial charge in [0.25, 0.3) is 0 Å². The highest BCUT2D eigenvalue weighted by Crippen LogP contribution is 2.17. The first kappa shape index (κ1) is 21.4. The van der Waals surface area contributed by atoms with E-state index in [2.05, 4.69) is 39.8 Å². The lowest BCUT2D eigenvalue weighted by Crippen LogP contribution is -2.37. The SMILES string of the molecule is CN=C(NCCCOC)NCc1c(C)nn(-c2ccccc2)c1C.I. The largest absolute Gasteiger partial charge is 0.385 e. The van der Waals surface area contributed by atoms with Gasteiger partial charge in [0.05, 0.1) is 11.4 Å². The van der Waals surface area contributed by atoms with E-state index in [1.165, 1.54) is 5.56 Å². The molecule has 6 nitrogen and oxygen atoms in total. The molecule has 2 aromatic rings.